The highest BCUT2D eigenvalue weighted by atomic mass is 32.2. The highest BCUT2D eigenvalue weighted by Gasteiger charge is 2.18. The zero-order valence-corrected chi connectivity index (χ0v) is 16.1. The van der Waals surface area contributed by atoms with Gasteiger partial charge in [0, 0.05) is 6.07 Å². The van der Waals surface area contributed by atoms with Gasteiger partial charge in [0.25, 0.3) is 10.0 Å². The van der Waals surface area contributed by atoms with Crippen LogP contribution in [0.4, 0.5) is 0 Å². The number of aryl methyl sites for hydroxylation is 1. The standard InChI is InChI=1S/C18H22N2O5S/c1-11-10-15(21)16(17(22)25-11)12(2)19-20-26(23,24)14-8-6-13(7-9-14)18(3,4)5/h6-10,20-21H,1-5H3/b19-12-. The second-order valence-corrected chi connectivity index (χ2v) is 8.63. The topological polar surface area (TPSA) is 109 Å². The third-order valence-electron chi connectivity index (χ3n) is 3.78. The molecule has 1 aromatic heterocycles. The van der Waals surface area contributed by atoms with Crippen LogP contribution in [-0.2, 0) is 15.4 Å². The Morgan fingerprint density at radius 2 is 1.77 bits per heavy atom. The fourth-order valence-corrected chi connectivity index (χ4v) is 3.16. The van der Waals surface area contributed by atoms with Crippen LogP contribution in [0.1, 0.15) is 44.6 Å². The lowest BCUT2D eigenvalue weighted by Crippen LogP contribution is -2.22. The Balaban J connectivity index is 2.30. The minimum absolute atomic E-state index is 0.00821. The lowest BCUT2D eigenvalue weighted by Gasteiger charge is -2.19. The van der Waals surface area contributed by atoms with Crippen LogP contribution in [0.3, 0.4) is 0 Å². The van der Waals surface area contributed by atoms with Crippen molar-refractivity contribution in [1.82, 2.24) is 4.83 Å². The first kappa shape index (κ1) is 19.7. The van der Waals surface area contributed by atoms with E-state index in [2.05, 4.69) is 9.93 Å². The van der Waals surface area contributed by atoms with Crippen molar-refractivity contribution in [2.75, 3.05) is 0 Å². The molecule has 0 unspecified atom stereocenters. The van der Waals surface area contributed by atoms with Gasteiger partial charge in [-0.15, -0.1) is 0 Å². The van der Waals surface area contributed by atoms with Gasteiger partial charge in [-0.05, 0) is 37.0 Å². The smallest absolute Gasteiger partial charge is 0.348 e. The van der Waals surface area contributed by atoms with E-state index in [1.807, 2.05) is 20.8 Å². The Morgan fingerprint density at radius 1 is 1.19 bits per heavy atom. The summed E-state index contributed by atoms with van der Waals surface area (Å²) < 4.78 is 29.6. The zero-order chi connectivity index (χ0) is 19.7. The molecule has 0 saturated carbocycles. The van der Waals surface area contributed by atoms with Crippen molar-refractivity contribution in [2.45, 2.75) is 44.9 Å². The maximum Gasteiger partial charge on any atom is 0.348 e. The first-order valence-corrected chi connectivity index (χ1v) is 9.41. The van der Waals surface area contributed by atoms with E-state index < -0.39 is 15.6 Å². The molecule has 140 valence electrons. The highest BCUT2D eigenvalue weighted by molar-refractivity contribution is 7.89. The zero-order valence-electron chi connectivity index (χ0n) is 15.3. The lowest BCUT2D eigenvalue weighted by molar-refractivity contribution is 0.432. The molecule has 0 fully saturated rings. The summed E-state index contributed by atoms with van der Waals surface area (Å²) in [7, 11) is -3.91. The molecule has 1 heterocycles. The Bertz CT molecular complexity index is 997. The molecule has 8 heteroatoms. The van der Waals surface area contributed by atoms with E-state index in [1.54, 1.807) is 12.1 Å². The van der Waals surface area contributed by atoms with Crippen LogP contribution >= 0.6 is 0 Å². The molecule has 2 aromatic rings. The van der Waals surface area contributed by atoms with Crippen molar-refractivity contribution in [3.8, 4) is 5.75 Å². The fourth-order valence-electron chi connectivity index (χ4n) is 2.30. The maximum absolute atomic E-state index is 12.4. The number of nitrogens with zero attached hydrogens (tertiary/aromatic N) is 1. The minimum Gasteiger partial charge on any atom is -0.507 e. The Morgan fingerprint density at radius 3 is 2.27 bits per heavy atom. The minimum atomic E-state index is -3.91. The monoisotopic (exact) mass is 378 g/mol. The average Bonchev–Trinajstić information content (AvgIpc) is 2.51. The molecule has 0 radical (unpaired) electrons. The van der Waals surface area contributed by atoms with E-state index in [0.717, 1.165) is 5.56 Å². The van der Waals surface area contributed by atoms with Gasteiger partial charge in [0.15, 0.2) is 0 Å². The summed E-state index contributed by atoms with van der Waals surface area (Å²) in [6.07, 6.45) is 0. The molecule has 0 spiro atoms. The number of hydrogen-bond acceptors (Lipinski definition) is 6. The molecule has 2 N–H and O–H groups in total. The summed E-state index contributed by atoms with van der Waals surface area (Å²) in [5, 5.41) is 13.6. The molecule has 7 nitrogen and oxygen atoms in total. The first-order valence-electron chi connectivity index (χ1n) is 7.92. The van der Waals surface area contributed by atoms with Crippen LogP contribution in [0.15, 0.2) is 49.5 Å². The first-order chi connectivity index (χ1) is 11.9. The van der Waals surface area contributed by atoms with Crippen molar-refractivity contribution in [2.24, 2.45) is 5.10 Å². The summed E-state index contributed by atoms with van der Waals surface area (Å²) >= 11 is 0. The van der Waals surface area contributed by atoms with Gasteiger partial charge in [-0.2, -0.15) is 18.4 Å². The van der Waals surface area contributed by atoms with Gasteiger partial charge in [0.2, 0.25) is 0 Å². The lowest BCUT2D eigenvalue weighted by atomic mass is 9.87. The molecule has 1 aromatic carbocycles. The number of nitrogens with one attached hydrogen (secondary N) is 1. The molecular weight excluding hydrogens is 356 g/mol. The second-order valence-electron chi connectivity index (χ2n) is 6.97. The Kier molecular flexibility index (Phi) is 5.27. The molecule has 0 atom stereocenters. The van der Waals surface area contributed by atoms with Gasteiger partial charge in [-0.3, -0.25) is 0 Å². The van der Waals surface area contributed by atoms with Crippen LogP contribution in [0, 0.1) is 6.92 Å². The van der Waals surface area contributed by atoms with E-state index in [0.29, 0.717) is 0 Å². The van der Waals surface area contributed by atoms with Gasteiger partial charge in [-0.1, -0.05) is 32.9 Å². The quantitative estimate of drug-likeness (QED) is 0.628. The number of hydrogen-bond donors (Lipinski definition) is 2. The van der Waals surface area contributed by atoms with Crippen LogP contribution < -0.4 is 10.5 Å². The summed E-state index contributed by atoms with van der Waals surface area (Å²) in [5.74, 6) is -0.0858. The van der Waals surface area contributed by atoms with E-state index in [4.69, 9.17) is 4.42 Å². The third kappa shape index (κ3) is 4.32. The molecule has 0 aliphatic heterocycles. The van der Waals surface area contributed by atoms with Gasteiger partial charge in [0.05, 0.1) is 10.6 Å². The molecule has 0 aliphatic carbocycles. The molecule has 26 heavy (non-hydrogen) atoms. The SMILES string of the molecule is C/C(=N/NS(=O)(=O)c1ccc(C(C)(C)C)cc1)c1c(O)cc(C)oc1=O. The normalized spacial score (nSPS) is 12.9. The van der Waals surface area contributed by atoms with Crippen molar-refractivity contribution in [3.63, 3.8) is 0 Å². The molecule has 0 bridgehead atoms. The molecule has 2 rings (SSSR count). The van der Waals surface area contributed by atoms with Gasteiger partial charge in [0.1, 0.15) is 17.1 Å². The number of aromatic hydroxyl groups is 1. The van der Waals surface area contributed by atoms with Gasteiger partial charge < -0.3 is 9.52 Å². The molecule has 0 saturated heterocycles. The Hall–Kier alpha value is -2.61. The fraction of sp³-hybridized carbons (Fsp3) is 0.333. The summed E-state index contributed by atoms with van der Waals surface area (Å²) in [6.45, 7) is 9.00. The number of hydrazone groups is 1. The second kappa shape index (κ2) is 6.95. The molecule has 0 aliphatic rings. The van der Waals surface area contributed by atoms with Crippen LogP contribution in [-0.4, -0.2) is 19.2 Å². The van der Waals surface area contributed by atoms with E-state index in [9.17, 15) is 18.3 Å². The van der Waals surface area contributed by atoms with Gasteiger partial charge >= 0.3 is 5.63 Å². The van der Waals surface area contributed by atoms with Crippen LogP contribution in [0.25, 0.3) is 0 Å². The van der Waals surface area contributed by atoms with Crippen molar-refractivity contribution < 1.29 is 17.9 Å². The summed E-state index contributed by atoms with van der Waals surface area (Å²) in [5.41, 5.74) is -0.0927. The summed E-state index contributed by atoms with van der Waals surface area (Å²) in [6, 6.07) is 7.73. The Labute approximate surface area is 152 Å². The van der Waals surface area contributed by atoms with Crippen LogP contribution in [0.2, 0.25) is 0 Å². The number of sulfonamides is 1. The number of rotatable bonds is 4. The predicted octanol–water partition coefficient (Wildman–Crippen LogP) is 2.65. The van der Waals surface area contributed by atoms with E-state index in [1.165, 1.54) is 32.0 Å². The third-order valence-corrected chi connectivity index (χ3v) is 5.00. The van der Waals surface area contributed by atoms with E-state index in [-0.39, 0.29) is 33.1 Å². The van der Waals surface area contributed by atoms with Crippen molar-refractivity contribution >= 4 is 15.7 Å². The van der Waals surface area contributed by atoms with Crippen LogP contribution in [0.5, 0.6) is 5.75 Å². The van der Waals surface area contributed by atoms with Crippen molar-refractivity contribution in [1.29, 1.82) is 0 Å². The average molecular weight is 378 g/mol. The van der Waals surface area contributed by atoms with E-state index >= 15 is 0 Å². The van der Waals surface area contributed by atoms with Crippen molar-refractivity contribution in [3.05, 3.63) is 57.6 Å². The predicted molar refractivity (Wildman–Crippen MR) is 99.1 cm³/mol. The molecule has 0 amide bonds. The highest BCUT2D eigenvalue weighted by Crippen LogP contribution is 2.23. The number of benzene rings is 1. The summed E-state index contributed by atoms with van der Waals surface area (Å²) in [4.78, 5) is 14.0. The largest absolute Gasteiger partial charge is 0.507 e. The maximum atomic E-state index is 12.4. The molecular formula is C18H22N2O5S. The van der Waals surface area contributed by atoms with Gasteiger partial charge in [-0.25, -0.2) is 4.79 Å².